The number of anilines is 1. The highest BCUT2D eigenvalue weighted by atomic mass is 32.2. The fraction of sp³-hybridized carbons (Fsp3) is 0.118. The monoisotopic (exact) mass is 341 g/mol. The molecule has 0 saturated heterocycles. The summed E-state index contributed by atoms with van der Waals surface area (Å²) in [6.45, 7) is 2.08. The first kappa shape index (κ1) is 15.7. The van der Waals surface area contributed by atoms with Crippen molar-refractivity contribution in [1.82, 2.24) is 10.2 Å². The number of rotatable bonds is 5. The molecule has 6 heteroatoms. The zero-order chi connectivity index (χ0) is 16.1. The molecule has 23 heavy (non-hydrogen) atoms. The molecule has 1 amide bonds. The Morgan fingerprint density at radius 2 is 2.13 bits per heavy atom. The summed E-state index contributed by atoms with van der Waals surface area (Å²) in [7, 11) is 0. The Balaban J connectivity index is 1.78. The van der Waals surface area contributed by atoms with Crippen molar-refractivity contribution in [1.29, 1.82) is 0 Å². The zero-order valence-electron chi connectivity index (χ0n) is 12.5. The van der Waals surface area contributed by atoms with E-state index in [9.17, 15) is 4.79 Å². The van der Waals surface area contributed by atoms with Gasteiger partial charge in [0.05, 0.1) is 11.3 Å². The molecule has 0 spiro atoms. The maximum Gasteiger partial charge on any atom is 0.256 e. The van der Waals surface area contributed by atoms with Crippen molar-refractivity contribution >= 4 is 34.7 Å². The first-order chi connectivity index (χ1) is 11.3. The number of aromatic nitrogens is 2. The minimum Gasteiger partial charge on any atom is -0.322 e. The van der Waals surface area contributed by atoms with Crippen molar-refractivity contribution in [3.8, 4) is 11.3 Å². The largest absolute Gasteiger partial charge is 0.322 e. The van der Waals surface area contributed by atoms with E-state index in [1.807, 2.05) is 47.2 Å². The number of benzene rings is 1. The molecule has 0 aliphatic rings. The van der Waals surface area contributed by atoms with Gasteiger partial charge in [0.1, 0.15) is 5.03 Å². The molecule has 3 aromatic rings. The average Bonchev–Trinajstić information content (AvgIpc) is 3.11. The molecule has 2 aromatic heterocycles. The highest BCUT2D eigenvalue weighted by molar-refractivity contribution is 7.99. The van der Waals surface area contributed by atoms with Gasteiger partial charge in [-0.25, -0.2) is 0 Å². The summed E-state index contributed by atoms with van der Waals surface area (Å²) in [6.07, 6.45) is 0. The molecule has 0 unspecified atom stereocenters. The van der Waals surface area contributed by atoms with E-state index in [4.69, 9.17) is 0 Å². The molecule has 0 radical (unpaired) electrons. The number of hydrogen-bond acceptors (Lipinski definition) is 5. The highest BCUT2D eigenvalue weighted by Gasteiger charge is 2.08. The van der Waals surface area contributed by atoms with Gasteiger partial charge in [0, 0.05) is 16.6 Å². The summed E-state index contributed by atoms with van der Waals surface area (Å²) in [5, 5.41) is 16.0. The lowest BCUT2D eigenvalue weighted by Gasteiger charge is -2.06. The number of carbonyl (C=O) groups excluding carboxylic acids is 1. The lowest BCUT2D eigenvalue weighted by molar-refractivity contribution is 0.102. The van der Waals surface area contributed by atoms with Crippen LogP contribution < -0.4 is 5.32 Å². The fourth-order valence-electron chi connectivity index (χ4n) is 2.05. The number of nitrogens with one attached hydrogen (secondary N) is 1. The predicted octanol–water partition coefficient (Wildman–Crippen LogP) is 4.57. The third kappa shape index (κ3) is 3.97. The standard InChI is InChI=1S/C17H15N3OS2/c1-2-23-16-7-6-15(19-20-16)12-4-3-5-14(10-12)18-17(21)13-8-9-22-11-13/h3-11H,2H2,1H3,(H,18,21). The van der Waals surface area contributed by atoms with Gasteiger partial charge in [0.15, 0.2) is 0 Å². The number of nitrogens with zero attached hydrogens (tertiary/aromatic N) is 2. The number of thioether (sulfide) groups is 1. The Labute approximate surface area is 143 Å². The maximum absolute atomic E-state index is 12.1. The summed E-state index contributed by atoms with van der Waals surface area (Å²) in [4.78, 5) is 12.1. The number of amides is 1. The van der Waals surface area contributed by atoms with Crippen LogP contribution in [0, 0.1) is 0 Å². The number of thiophene rings is 1. The van der Waals surface area contributed by atoms with Crippen LogP contribution in [-0.2, 0) is 0 Å². The van der Waals surface area contributed by atoms with Crippen molar-refractivity contribution < 1.29 is 4.79 Å². The van der Waals surface area contributed by atoms with Gasteiger partial charge in [0.25, 0.3) is 5.91 Å². The van der Waals surface area contributed by atoms with E-state index in [1.165, 1.54) is 11.3 Å². The van der Waals surface area contributed by atoms with Gasteiger partial charge in [-0.3, -0.25) is 4.79 Å². The van der Waals surface area contributed by atoms with Crippen LogP contribution in [0.25, 0.3) is 11.3 Å². The second-order valence-corrected chi connectivity index (χ2v) is 6.80. The molecular formula is C17H15N3OS2. The smallest absolute Gasteiger partial charge is 0.256 e. The van der Waals surface area contributed by atoms with Gasteiger partial charge in [-0.05, 0) is 41.5 Å². The summed E-state index contributed by atoms with van der Waals surface area (Å²) in [6, 6.07) is 13.3. The molecule has 0 atom stereocenters. The summed E-state index contributed by atoms with van der Waals surface area (Å²) in [5.74, 6) is 0.863. The second-order valence-electron chi connectivity index (χ2n) is 4.74. The first-order valence-corrected chi connectivity index (χ1v) is 9.09. The summed E-state index contributed by atoms with van der Waals surface area (Å²) < 4.78 is 0. The summed E-state index contributed by atoms with van der Waals surface area (Å²) >= 11 is 3.16. The lowest BCUT2D eigenvalue weighted by Crippen LogP contribution is -2.10. The second kappa shape index (κ2) is 7.39. The Kier molecular flexibility index (Phi) is 5.05. The van der Waals surface area contributed by atoms with Gasteiger partial charge < -0.3 is 5.32 Å². The van der Waals surface area contributed by atoms with Gasteiger partial charge in [-0.2, -0.15) is 11.3 Å². The zero-order valence-corrected chi connectivity index (χ0v) is 14.2. The van der Waals surface area contributed by atoms with E-state index >= 15 is 0 Å². The van der Waals surface area contributed by atoms with Crippen LogP contribution >= 0.6 is 23.1 Å². The number of carbonyl (C=O) groups is 1. The molecule has 116 valence electrons. The van der Waals surface area contributed by atoms with Crippen LogP contribution in [0.3, 0.4) is 0 Å². The third-order valence-electron chi connectivity index (χ3n) is 3.13. The molecular weight excluding hydrogens is 326 g/mol. The predicted molar refractivity (Wildman–Crippen MR) is 96.1 cm³/mol. The van der Waals surface area contributed by atoms with Gasteiger partial charge in [-0.1, -0.05) is 19.1 Å². The molecule has 0 bridgehead atoms. The van der Waals surface area contributed by atoms with E-state index in [2.05, 4.69) is 22.4 Å². The van der Waals surface area contributed by atoms with Crippen LogP contribution in [0.2, 0.25) is 0 Å². The fourth-order valence-corrected chi connectivity index (χ4v) is 3.25. The highest BCUT2D eigenvalue weighted by Crippen LogP contribution is 2.23. The van der Waals surface area contributed by atoms with Crippen LogP contribution in [0.1, 0.15) is 17.3 Å². The topological polar surface area (TPSA) is 54.9 Å². The third-order valence-corrected chi connectivity index (χ3v) is 4.62. The van der Waals surface area contributed by atoms with E-state index < -0.39 is 0 Å². The van der Waals surface area contributed by atoms with Crippen LogP contribution in [0.5, 0.6) is 0 Å². The van der Waals surface area contributed by atoms with Crippen molar-refractivity contribution in [2.24, 2.45) is 0 Å². The van der Waals surface area contributed by atoms with E-state index in [0.717, 1.165) is 27.7 Å². The molecule has 0 aliphatic carbocycles. The van der Waals surface area contributed by atoms with Gasteiger partial charge >= 0.3 is 0 Å². The lowest BCUT2D eigenvalue weighted by atomic mass is 10.1. The van der Waals surface area contributed by atoms with Crippen LogP contribution in [0.15, 0.2) is 58.3 Å². The molecule has 0 saturated carbocycles. The quantitative estimate of drug-likeness (QED) is 0.691. The maximum atomic E-state index is 12.1. The van der Waals surface area contributed by atoms with Crippen molar-refractivity contribution in [2.45, 2.75) is 11.9 Å². The average molecular weight is 341 g/mol. The Morgan fingerprint density at radius 1 is 1.22 bits per heavy atom. The molecule has 3 rings (SSSR count). The summed E-state index contributed by atoms with van der Waals surface area (Å²) in [5.41, 5.74) is 3.12. The van der Waals surface area contributed by atoms with E-state index in [0.29, 0.717) is 5.56 Å². The Hall–Kier alpha value is -2.18. The molecule has 0 fully saturated rings. The van der Waals surface area contributed by atoms with Crippen molar-refractivity contribution in [3.63, 3.8) is 0 Å². The van der Waals surface area contributed by atoms with E-state index in [-0.39, 0.29) is 5.91 Å². The number of hydrogen-bond donors (Lipinski definition) is 1. The van der Waals surface area contributed by atoms with Gasteiger partial charge in [0.2, 0.25) is 0 Å². The minimum absolute atomic E-state index is 0.107. The Morgan fingerprint density at radius 3 is 2.83 bits per heavy atom. The van der Waals surface area contributed by atoms with Crippen molar-refractivity contribution in [2.75, 3.05) is 11.1 Å². The van der Waals surface area contributed by atoms with E-state index in [1.54, 1.807) is 17.8 Å². The van der Waals surface area contributed by atoms with Crippen LogP contribution in [0.4, 0.5) is 5.69 Å². The molecule has 1 aromatic carbocycles. The minimum atomic E-state index is -0.107. The molecule has 1 N–H and O–H groups in total. The molecule has 4 nitrogen and oxygen atoms in total. The first-order valence-electron chi connectivity index (χ1n) is 7.17. The SMILES string of the molecule is CCSc1ccc(-c2cccc(NC(=O)c3ccsc3)c2)nn1. The van der Waals surface area contributed by atoms with Crippen molar-refractivity contribution in [3.05, 3.63) is 58.8 Å². The normalized spacial score (nSPS) is 10.5. The Bertz CT molecular complexity index is 786. The molecule has 0 aliphatic heterocycles. The molecule has 2 heterocycles. The van der Waals surface area contributed by atoms with Gasteiger partial charge in [-0.15, -0.1) is 22.0 Å². The van der Waals surface area contributed by atoms with Crippen LogP contribution in [-0.4, -0.2) is 21.9 Å².